The number of nitrogens with zero attached hydrogens (tertiary/aromatic N) is 3. The predicted octanol–water partition coefficient (Wildman–Crippen LogP) is 2.71. The SMILES string of the molecule is CC(C)CC(C)Nc1nccc(C#N)c1[N+](=O)[O-]. The maximum atomic E-state index is 11.0. The summed E-state index contributed by atoms with van der Waals surface area (Å²) in [7, 11) is 0. The van der Waals surface area contributed by atoms with E-state index < -0.39 is 4.92 Å². The number of nitrogens with one attached hydrogen (secondary N) is 1. The Morgan fingerprint density at radius 1 is 1.56 bits per heavy atom. The van der Waals surface area contributed by atoms with Gasteiger partial charge in [0.25, 0.3) is 0 Å². The lowest BCUT2D eigenvalue weighted by molar-refractivity contribution is -0.384. The third-order valence-corrected chi connectivity index (χ3v) is 2.44. The third kappa shape index (κ3) is 3.42. The van der Waals surface area contributed by atoms with Crippen molar-refractivity contribution in [1.29, 1.82) is 5.26 Å². The Morgan fingerprint density at radius 2 is 2.22 bits per heavy atom. The van der Waals surface area contributed by atoms with Gasteiger partial charge < -0.3 is 5.32 Å². The Morgan fingerprint density at radius 3 is 2.72 bits per heavy atom. The van der Waals surface area contributed by atoms with Gasteiger partial charge in [0.15, 0.2) is 0 Å². The van der Waals surface area contributed by atoms with Crippen LogP contribution in [-0.4, -0.2) is 15.9 Å². The Bertz CT molecular complexity index is 479. The lowest BCUT2D eigenvalue weighted by Gasteiger charge is -2.16. The van der Waals surface area contributed by atoms with E-state index in [2.05, 4.69) is 24.1 Å². The second-order valence-electron chi connectivity index (χ2n) is 4.60. The van der Waals surface area contributed by atoms with Gasteiger partial charge in [-0.3, -0.25) is 10.1 Å². The summed E-state index contributed by atoms with van der Waals surface area (Å²) >= 11 is 0. The monoisotopic (exact) mass is 248 g/mol. The molecule has 0 bridgehead atoms. The first-order chi connectivity index (χ1) is 8.45. The normalized spacial score (nSPS) is 11.9. The third-order valence-electron chi connectivity index (χ3n) is 2.44. The van der Waals surface area contributed by atoms with Crippen LogP contribution in [0.5, 0.6) is 0 Å². The molecule has 1 unspecified atom stereocenters. The number of anilines is 1. The molecule has 0 radical (unpaired) electrons. The van der Waals surface area contributed by atoms with E-state index in [0.717, 1.165) is 6.42 Å². The number of hydrogen-bond acceptors (Lipinski definition) is 5. The average molecular weight is 248 g/mol. The molecule has 96 valence electrons. The van der Waals surface area contributed by atoms with Gasteiger partial charge in [0.2, 0.25) is 5.82 Å². The van der Waals surface area contributed by atoms with E-state index in [1.54, 1.807) is 0 Å². The fourth-order valence-corrected chi connectivity index (χ4v) is 1.83. The van der Waals surface area contributed by atoms with Crippen molar-refractivity contribution in [3.63, 3.8) is 0 Å². The predicted molar refractivity (Wildman–Crippen MR) is 68.1 cm³/mol. The van der Waals surface area contributed by atoms with Crippen LogP contribution in [0.2, 0.25) is 0 Å². The summed E-state index contributed by atoms with van der Waals surface area (Å²) < 4.78 is 0. The van der Waals surface area contributed by atoms with Gasteiger partial charge in [0.05, 0.1) is 4.92 Å². The molecule has 0 aromatic carbocycles. The van der Waals surface area contributed by atoms with Crippen molar-refractivity contribution in [2.75, 3.05) is 5.32 Å². The smallest absolute Gasteiger partial charge is 0.328 e. The second-order valence-corrected chi connectivity index (χ2v) is 4.60. The summed E-state index contributed by atoms with van der Waals surface area (Å²) in [6.45, 7) is 6.09. The van der Waals surface area contributed by atoms with Crippen molar-refractivity contribution in [3.8, 4) is 6.07 Å². The molecule has 6 nitrogen and oxygen atoms in total. The Balaban J connectivity index is 3.02. The fourth-order valence-electron chi connectivity index (χ4n) is 1.83. The molecule has 0 spiro atoms. The van der Waals surface area contributed by atoms with Crippen LogP contribution in [-0.2, 0) is 0 Å². The van der Waals surface area contributed by atoms with Gasteiger partial charge in [-0.05, 0) is 25.3 Å². The van der Waals surface area contributed by atoms with E-state index in [-0.39, 0.29) is 23.1 Å². The number of aromatic nitrogens is 1. The molecule has 1 atom stereocenters. The zero-order chi connectivity index (χ0) is 13.7. The highest BCUT2D eigenvalue weighted by Gasteiger charge is 2.22. The lowest BCUT2D eigenvalue weighted by Crippen LogP contribution is -2.19. The minimum absolute atomic E-state index is 0.0225. The average Bonchev–Trinajstić information content (AvgIpc) is 2.26. The standard InChI is InChI=1S/C12H16N4O2/c1-8(2)6-9(3)15-12-11(16(17)18)10(7-13)4-5-14-12/h4-5,8-9H,6H2,1-3H3,(H,14,15). The van der Waals surface area contributed by atoms with Crippen molar-refractivity contribution < 1.29 is 4.92 Å². The summed E-state index contributed by atoms with van der Waals surface area (Å²) in [6.07, 6.45) is 2.27. The molecular formula is C12H16N4O2. The van der Waals surface area contributed by atoms with Crippen molar-refractivity contribution in [3.05, 3.63) is 27.9 Å². The summed E-state index contributed by atoms with van der Waals surface area (Å²) in [5.74, 6) is 0.637. The van der Waals surface area contributed by atoms with E-state index in [4.69, 9.17) is 5.26 Å². The molecule has 1 rings (SSSR count). The molecule has 0 aliphatic heterocycles. The van der Waals surface area contributed by atoms with Gasteiger partial charge in [0.1, 0.15) is 11.6 Å². The number of nitro groups is 1. The van der Waals surface area contributed by atoms with Crippen LogP contribution in [0.1, 0.15) is 32.8 Å². The topological polar surface area (TPSA) is 91.8 Å². The number of hydrogen-bond donors (Lipinski definition) is 1. The van der Waals surface area contributed by atoms with Gasteiger partial charge in [0, 0.05) is 12.2 Å². The van der Waals surface area contributed by atoms with Crippen molar-refractivity contribution in [2.45, 2.75) is 33.2 Å². The first-order valence-electron chi connectivity index (χ1n) is 5.75. The molecule has 1 N–H and O–H groups in total. The number of pyridine rings is 1. The highest BCUT2D eigenvalue weighted by Crippen LogP contribution is 2.26. The van der Waals surface area contributed by atoms with Crippen LogP contribution in [0.25, 0.3) is 0 Å². The molecule has 0 fully saturated rings. The maximum Gasteiger partial charge on any atom is 0.328 e. The molecule has 1 heterocycles. The van der Waals surface area contributed by atoms with E-state index in [0.29, 0.717) is 5.92 Å². The minimum atomic E-state index is -0.573. The summed E-state index contributed by atoms with van der Waals surface area (Å²) in [4.78, 5) is 14.4. The molecule has 1 aromatic rings. The molecule has 0 saturated carbocycles. The summed E-state index contributed by atoms with van der Waals surface area (Å²) in [5, 5.41) is 22.8. The van der Waals surface area contributed by atoms with Crippen LogP contribution >= 0.6 is 0 Å². The summed E-state index contributed by atoms with van der Waals surface area (Å²) in [5.41, 5.74) is -0.232. The van der Waals surface area contributed by atoms with Crippen molar-refractivity contribution in [1.82, 2.24) is 4.98 Å². The first kappa shape index (κ1) is 13.9. The van der Waals surface area contributed by atoms with Crippen LogP contribution in [0, 0.1) is 27.4 Å². The molecule has 0 saturated heterocycles. The van der Waals surface area contributed by atoms with E-state index in [1.165, 1.54) is 12.3 Å². The quantitative estimate of drug-likeness (QED) is 0.638. The van der Waals surface area contributed by atoms with Gasteiger partial charge in [-0.25, -0.2) is 4.98 Å². The van der Waals surface area contributed by atoms with Gasteiger partial charge >= 0.3 is 5.69 Å². The zero-order valence-corrected chi connectivity index (χ0v) is 10.7. The molecule has 18 heavy (non-hydrogen) atoms. The number of nitriles is 1. The molecular weight excluding hydrogens is 232 g/mol. The van der Waals surface area contributed by atoms with Crippen molar-refractivity contribution >= 4 is 11.5 Å². The van der Waals surface area contributed by atoms with E-state index >= 15 is 0 Å². The Kier molecular flexibility index (Phi) is 4.60. The lowest BCUT2D eigenvalue weighted by atomic mass is 10.1. The van der Waals surface area contributed by atoms with Crippen LogP contribution in [0.4, 0.5) is 11.5 Å². The highest BCUT2D eigenvalue weighted by molar-refractivity contribution is 5.64. The number of rotatable bonds is 5. The van der Waals surface area contributed by atoms with Crippen LogP contribution in [0.15, 0.2) is 12.3 Å². The Hall–Kier alpha value is -2.16. The molecule has 6 heteroatoms. The van der Waals surface area contributed by atoms with Gasteiger partial charge in [-0.1, -0.05) is 13.8 Å². The second kappa shape index (κ2) is 5.96. The van der Waals surface area contributed by atoms with Gasteiger partial charge in [-0.2, -0.15) is 5.26 Å². The fraction of sp³-hybridized carbons (Fsp3) is 0.500. The van der Waals surface area contributed by atoms with Crippen LogP contribution < -0.4 is 5.32 Å². The highest BCUT2D eigenvalue weighted by atomic mass is 16.6. The Labute approximate surface area is 106 Å². The van der Waals surface area contributed by atoms with Gasteiger partial charge in [-0.15, -0.1) is 0 Å². The largest absolute Gasteiger partial charge is 0.362 e. The zero-order valence-electron chi connectivity index (χ0n) is 10.7. The molecule has 0 aliphatic rings. The first-order valence-corrected chi connectivity index (χ1v) is 5.75. The molecule has 1 aromatic heterocycles. The molecule has 0 amide bonds. The van der Waals surface area contributed by atoms with Crippen LogP contribution in [0.3, 0.4) is 0 Å². The van der Waals surface area contributed by atoms with E-state index in [9.17, 15) is 10.1 Å². The van der Waals surface area contributed by atoms with E-state index in [1.807, 2.05) is 13.0 Å². The maximum absolute atomic E-state index is 11.0. The molecule has 0 aliphatic carbocycles. The van der Waals surface area contributed by atoms with Crippen molar-refractivity contribution in [2.24, 2.45) is 5.92 Å². The minimum Gasteiger partial charge on any atom is -0.362 e. The summed E-state index contributed by atoms with van der Waals surface area (Å²) in [6, 6.07) is 3.21.